The van der Waals surface area contributed by atoms with Crippen LogP contribution in [0.15, 0.2) is 24.3 Å². The number of hydrogen-bond acceptors (Lipinski definition) is 7. The first-order valence-corrected chi connectivity index (χ1v) is 9.77. The molecule has 29 heavy (non-hydrogen) atoms. The zero-order valence-electron chi connectivity index (χ0n) is 16.1. The summed E-state index contributed by atoms with van der Waals surface area (Å²) < 4.78 is 5.66. The van der Waals surface area contributed by atoms with Crippen molar-refractivity contribution in [1.29, 1.82) is 0 Å². The quantitative estimate of drug-likeness (QED) is 0.417. The van der Waals surface area contributed by atoms with Crippen LogP contribution in [0.25, 0.3) is 0 Å². The molecule has 1 aliphatic rings. The van der Waals surface area contributed by atoms with Crippen LogP contribution in [-0.4, -0.2) is 47.0 Å². The van der Waals surface area contributed by atoms with Gasteiger partial charge < -0.3 is 15.0 Å². The number of carbonyl (C=O) groups is 1. The molecule has 0 aliphatic carbocycles. The van der Waals surface area contributed by atoms with Gasteiger partial charge in [0.15, 0.2) is 0 Å². The third-order valence-corrected chi connectivity index (χ3v) is 4.85. The van der Waals surface area contributed by atoms with Gasteiger partial charge in [-0.1, -0.05) is 11.6 Å². The highest BCUT2D eigenvalue weighted by Gasteiger charge is 2.16. The standard InChI is InChI=1S/C19H22ClN5O4/c1-13-22-17(24-8-3-2-4-9-24)12-18(23-13)29-10-7-21-19(26)15-11-14(25(27)28)5-6-16(15)20/h5-6,11-12H,2-4,7-10H2,1H3,(H,21,26). The molecule has 0 spiro atoms. The fourth-order valence-electron chi connectivity index (χ4n) is 3.10. The van der Waals surface area contributed by atoms with Crippen LogP contribution in [0.1, 0.15) is 35.4 Å². The van der Waals surface area contributed by atoms with Crippen molar-refractivity contribution in [2.24, 2.45) is 0 Å². The van der Waals surface area contributed by atoms with Crippen LogP contribution in [0.4, 0.5) is 11.5 Å². The van der Waals surface area contributed by atoms with E-state index in [2.05, 4.69) is 20.2 Å². The molecule has 1 N–H and O–H groups in total. The maximum atomic E-state index is 12.3. The Hall–Kier alpha value is -2.94. The second-order valence-corrected chi connectivity index (χ2v) is 7.09. The number of anilines is 1. The summed E-state index contributed by atoms with van der Waals surface area (Å²) in [5.41, 5.74) is -0.149. The lowest BCUT2D eigenvalue weighted by Crippen LogP contribution is -2.30. The first-order chi connectivity index (χ1) is 13.9. The monoisotopic (exact) mass is 419 g/mol. The summed E-state index contributed by atoms with van der Waals surface area (Å²) in [4.78, 5) is 33.5. The molecule has 1 aliphatic heterocycles. The summed E-state index contributed by atoms with van der Waals surface area (Å²) in [6, 6.07) is 5.53. The lowest BCUT2D eigenvalue weighted by Gasteiger charge is -2.28. The number of carbonyl (C=O) groups excluding carboxylic acids is 1. The highest BCUT2D eigenvalue weighted by molar-refractivity contribution is 6.33. The summed E-state index contributed by atoms with van der Waals surface area (Å²) in [5, 5.41) is 13.7. The number of nitro benzene ring substituents is 1. The van der Waals surface area contributed by atoms with Crippen LogP contribution < -0.4 is 15.0 Å². The predicted octanol–water partition coefficient (Wildman–Crippen LogP) is 3.15. The molecule has 2 heterocycles. The number of hydrogen-bond donors (Lipinski definition) is 1. The van der Waals surface area contributed by atoms with Gasteiger partial charge >= 0.3 is 0 Å². The first kappa shape index (κ1) is 20.8. The molecule has 1 aromatic carbocycles. The summed E-state index contributed by atoms with van der Waals surface area (Å²) in [6.45, 7) is 4.13. The third-order valence-electron chi connectivity index (χ3n) is 4.52. The predicted molar refractivity (Wildman–Crippen MR) is 109 cm³/mol. The molecule has 1 amide bonds. The van der Waals surface area contributed by atoms with E-state index in [4.69, 9.17) is 16.3 Å². The Kier molecular flexibility index (Phi) is 6.82. The normalized spacial score (nSPS) is 13.8. The van der Waals surface area contributed by atoms with E-state index in [9.17, 15) is 14.9 Å². The number of halogens is 1. The number of amides is 1. The van der Waals surface area contributed by atoms with E-state index in [1.807, 2.05) is 6.92 Å². The largest absolute Gasteiger partial charge is 0.476 e. The smallest absolute Gasteiger partial charge is 0.270 e. The molecule has 10 heteroatoms. The van der Waals surface area contributed by atoms with Crippen molar-refractivity contribution in [2.75, 3.05) is 31.1 Å². The van der Waals surface area contributed by atoms with E-state index >= 15 is 0 Å². The molecule has 1 aromatic heterocycles. The average molecular weight is 420 g/mol. The Morgan fingerprint density at radius 2 is 2.03 bits per heavy atom. The van der Waals surface area contributed by atoms with Crippen molar-refractivity contribution in [3.05, 3.63) is 50.8 Å². The molecular weight excluding hydrogens is 398 g/mol. The topological polar surface area (TPSA) is 110 Å². The number of rotatable bonds is 7. The Morgan fingerprint density at radius 1 is 1.28 bits per heavy atom. The van der Waals surface area contributed by atoms with Crippen LogP contribution in [0, 0.1) is 17.0 Å². The zero-order valence-corrected chi connectivity index (χ0v) is 16.8. The van der Waals surface area contributed by atoms with E-state index in [-0.39, 0.29) is 29.4 Å². The number of nitrogens with one attached hydrogen (secondary N) is 1. The Balaban J connectivity index is 1.55. The van der Waals surface area contributed by atoms with Crippen molar-refractivity contribution in [3.63, 3.8) is 0 Å². The molecule has 1 fully saturated rings. The molecule has 0 unspecified atom stereocenters. The number of aryl methyl sites for hydroxylation is 1. The van der Waals surface area contributed by atoms with Gasteiger partial charge in [-0.3, -0.25) is 14.9 Å². The van der Waals surface area contributed by atoms with Crippen LogP contribution in [0.5, 0.6) is 5.88 Å². The van der Waals surface area contributed by atoms with Crippen molar-refractivity contribution in [1.82, 2.24) is 15.3 Å². The van der Waals surface area contributed by atoms with E-state index < -0.39 is 10.8 Å². The van der Waals surface area contributed by atoms with Crippen molar-refractivity contribution in [3.8, 4) is 5.88 Å². The molecule has 0 radical (unpaired) electrons. The Morgan fingerprint density at radius 3 is 2.76 bits per heavy atom. The van der Waals surface area contributed by atoms with Crippen LogP contribution in [0.3, 0.4) is 0 Å². The van der Waals surface area contributed by atoms with Crippen LogP contribution in [-0.2, 0) is 0 Å². The molecule has 3 rings (SSSR count). The van der Waals surface area contributed by atoms with Gasteiger partial charge in [-0.25, -0.2) is 4.98 Å². The van der Waals surface area contributed by atoms with E-state index in [1.54, 1.807) is 6.07 Å². The van der Waals surface area contributed by atoms with Gasteiger partial charge in [0.05, 0.1) is 22.1 Å². The molecular formula is C19H22ClN5O4. The number of nitro groups is 1. The summed E-state index contributed by atoms with van der Waals surface area (Å²) >= 11 is 5.98. The van der Waals surface area contributed by atoms with Crippen LogP contribution >= 0.6 is 11.6 Å². The van der Waals surface area contributed by atoms with E-state index in [1.165, 1.54) is 18.6 Å². The van der Waals surface area contributed by atoms with Crippen molar-refractivity contribution >= 4 is 29.0 Å². The second-order valence-electron chi connectivity index (χ2n) is 6.68. The maximum absolute atomic E-state index is 12.3. The minimum absolute atomic E-state index is 0.0473. The lowest BCUT2D eigenvalue weighted by molar-refractivity contribution is -0.384. The molecule has 1 saturated heterocycles. The fourth-order valence-corrected chi connectivity index (χ4v) is 3.30. The highest BCUT2D eigenvalue weighted by atomic mass is 35.5. The van der Waals surface area contributed by atoms with Gasteiger partial charge in [0.25, 0.3) is 11.6 Å². The molecule has 0 bridgehead atoms. The zero-order chi connectivity index (χ0) is 20.8. The minimum Gasteiger partial charge on any atom is -0.476 e. The first-order valence-electron chi connectivity index (χ1n) is 9.39. The Labute approximate surface area is 173 Å². The number of aromatic nitrogens is 2. The fraction of sp³-hybridized carbons (Fsp3) is 0.421. The maximum Gasteiger partial charge on any atom is 0.270 e. The Bertz CT molecular complexity index is 902. The third kappa shape index (κ3) is 5.54. The highest BCUT2D eigenvalue weighted by Crippen LogP contribution is 2.23. The van der Waals surface area contributed by atoms with Crippen LogP contribution in [0.2, 0.25) is 5.02 Å². The molecule has 154 valence electrons. The van der Waals surface area contributed by atoms with Gasteiger partial charge in [-0.2, -0.15) is 4.98 Å². The van der Waals surface area contributed by atoms with E-state index in [0.29, 0.717) is 11.7 Å². The van der Waals surface area contributed by atoms with Gasteiger partial charge in [0, 0.05) is 31.3 Å². The van der Waals surface area contributed by atoms with Gasteiger partial charge in [-0.05, 0) is 32.3 Å². The number of ether oxygens (including phenoxy) is 1. The van der Waals surface area contributed by atoms with Gasteiger partial charge in [0.2, 0.25) is 5.88 Å². The summed E-state index contributed by atoms with van der Waals surface area (Å²) in [6.07, 6.45) is 3.52. The van der Waals surface area contributed by atoms with Crippen molar-refractivity contribution < 1.29 is 14.5 Å². The van der Waals surface area contributed by atoms with Crippen molar-refractivity contribution in [2.45, 2.75) is 26.2 Å². The number of non-ortho nitro benzene ring substituents is 1. The molecule has 0 saturated carbocycles. The van der Waals surface area contributed by atoms with Gasteiger partial charge in [-0.15, -0.1) is 0 Å². The SMILES string of the molecule is Cc1nc(OCCNC(=O)c2cc([N+](=O)[O-])ccc2Cl)cc(N2CCCCC2)n1. The van der Waals surface area contributed by atoms with E-state index in [0.717, 1.165) is 37.8 Å². The number of piperidine rings is 1. The number of benzene rings is 1. The lowest BCUT2D eigenvalue weighted by atomic mass is 10.1. The van der Waals surface area contributed by atoms with Gasteiger partial charge in [0.1, 0.15) is 18.2 Å². The number of nitrogens with zero attached hydrogens (tertiary/aromatic N) is 4. The second kappa shape index (κ2) is 9.51. The molecule has 9 nitrogen and oxygen atoms in total. The summed E-state index contributed by atoms with van der Waals surface area (Å²) in [7, 11) is 0. The molecule has 2 aromatic rings. The minimum atomic E-state index is -0.576. The summed E-state index contributed by atoms with van der Waals surface area (Å²) in [5.74, 6) is 1.41. The molecule has 0 atom stereocenters. The average Bonchev–Trinajstić information content (AvgIpc) is 2.71.